The van der Waals surface area contributed by atoms with Gasteiger partial charge in [0.25, 0.3) is 5.88 Å². The highest BCUT2D eigenvalue weighted by molar-refractivity contribution is 6.32. The second-order valence-electron chi connectivity index (χ2n) is 4.87. The fourth-order valence-corrected chi connectivity index (χ4v) is 2.17. The highest BCUT2D eigenvalue weighted by Crippen LogP contribution is 2.30. The van der Waals surface area contributed by atoms with Crippen molar-refractivity contribution >= 4 is 28.9 Å². The van der Waals surface area contributed by atoms with Crippen LogP contribution in [0.1, 0.15) is 0 Å². The van der Waals surface area contributed by atoms with E-state index >= 15 is 0 Å². The van der Waals surface area contributed by atoms with Crippen molar-refractivity contribution in [2.75, 3.05) is 19.0 Å². The summed E-state index contributed by atoms with van der Waals surface area (Å²) in [6, 6.07) is 5.76. The van der Waals surface area contributed by atoms with E-state index in [2.05, 4.69) is 20.2 Å². The number of anilines is 1. The van der Waals surface area contributed by atoms with Crippen LogP contribution in [0.2, 0.25) is 10.0 Å². The molecule has 0 aliphatic carbocycles. The minimum Gasteiger partial charge on any atom is -0.491 e. The van der Waals surface area contributed by atoms with E-state index in [9.17, 15) is 8.78 Å². The van der Waals surface area contributed by atoms with Crippen molar-refractivity contribution < 1.29 is 23.0 Å². The number of ether oxygens (including phenoxy) is 3. The predicted molar refractivity (Wildman–Crippen MR) is 96.2 cm³/mol. The van der Waals surface area contributed by atoms with Crippen LogP contribution < -0.4 is 19.5 Å². The molecule has 2 rings (SSSR count). The summed E-state index contributed by atoms with van der Waals surface area (Å²) in [5.41, 5.74) is 7.81. The van der Waals surface area contributed by atoms with Gasteiger partial charge in [0.1, 0.15) is 18.1 Å². The number of pyridine rings is 1. The molecule has 1 heterocycles. The summed E-state index contributed by atoms with van der Waals surface area (Å²) in [6.45, 7) is -3.10. The van der Waals surface area contributed by atoms with E-state index in [4.69, 9.17) is 38.2 Å². The zero-order valence-corrected chi connectivity index (χ0v) is 15.4. The van der Waals surface area contributed by atoms with Crippen LogP contribution in [0.3, 0.4) is 0 Å². The third kappa shape index (κ3) is 6.22. The molecule has 7 nitrogen and oxygen atoms in total. The van der Waals surface area contributed by atoms with E-state index < -0.39 is 6.61 Å². The van der Waals surface area contributed by atoms with Crippen LogP contribution in [0.25, 0.3) is 0 Å². The maximum Gasteiger partial charge on any atom is 0.387 e. The minimum absolute atomic E-state index is 0.0412. The fraction of sp³-hybridized carbons (Fsp3) is 0.188. The first-order chi connectivity index (χ1) is 12.9. The molecule has 0 saturated heterocycles. The molecule has 144 valence electrons. The number of nitrogens with one attached hydrogen (secondary N) is 2. The second-order valence-corrected chi connectivity index (χ2v) is 5.71. The van der Waals surface area contributed by atoms with Gasteiger partial charge in [0, 0.05) is 30.2 Å². The van der Waals surface area contributed by atoms with Crippen LogP contribution in [0, 0.1) is 5.53 Å². The molecule has 0 unspecified atom stereocenters. The Hall–Kier alpha value is -2.65. The molecule has 0 aliphatic rings. The molecule has 0 saturated carbocycles. The molecule has 0 atom stereocenters. The van der Waals surface area contributed by atoms with Gasteiger partial charge >= 0.3 is 6.61 Å². The largest absolute Gasteiger partial charge is 0.491 e. The number of aromatic nitrogens is 1. The van der Waals surface area contributed by atoms with Gasteiger partial charge in [0.05, 0.1) is 17.2 Å². The number of benzene rings is 1. The SMILES string of the molecule is COc1cc(Cl)cnc1OC/C(=C/Nc1ccc(Cl)c(OC(F)F)c1)N=N. The molecule has 0 radical (unpaired) electrons. The molecule has 1 aromatic carbocycles. The van der Waals surface area contributed by atoms with Crippen LogP contribution in [0.15, 0.2) is 47.5 Å². The Morgan fingerprint density at radius 1 is 1.33 bits per heavy atom. The van der Waals surface area contributed by atoms with Gasteiger partial charge in [-0.2, -0.15) is 13.9 Å². The number of rotatable bonds is 9. The predicted octanol–water partition coefficient (Wildman–Crippen LogP) is 5.36. The van der Waals surface area contributed by atoms with Gasteiger partial charge in [-0.15, -0.1) is 0 Å². The van der Waals surface area contributed by atoms with Crippen molar-refractivity contribution in [1.29, 1.82) is 5.53 Å². The lowest BCUT2D eigenvalue weighted by Crippen LogP contribution is -2.05. The van der Waals surface area contributed by atoms with Gasteiger partial charge in [-0.1, -0.05) is 23.2 Å². The number of nitrogens with zero attached hydrogens (tertiary/aromatic N) is 2. The lowest BCUT2D eigenvalue weighted by atomic mass is 10.3. The van der Waals surface area contributed by atoms with Crippen molar-refractivity contribution in [1.82, 2.24) is 4.98 Å². The zero-order chi connectivity index (χ0) is 19.8. The second kappa shape index (κ2) is 9.89. The third-order valence-electron chi connectivity index (χ3n) is 3.06. The topological polar surface area (TPSA) is 88.8 Å². The standard InChI is InChI=1S/C16H14Cl2F2N4O3/c1-25-14-4-9(17)6-23-15(14)26-8-11(24-21)7-22-10-2-3-12(18)13(5-10)27-16(19)20/h2-7,16,21-22H,8H2,1H3/b11-7-,24-21?. The van der Waals surface area contributed by atoms with Gasteiger partial charge in [-0.25, -0.2) is 10.5 Å². The lowest BCUT2D eigenvalue weighted by molar-refractivity contribution is -0.0497. The Balaban J connectivity index is 2.05. The first-order valence-electron chi connectivity index (χ1n) is 7.32. The smallest absolute Gasteiger partial charge is 0.387 e. The van der Waals surface area contributed by atoms with Gasteiger partial charge in [0.2, 0.25) is 0 Å². The molecule has 0 bridgehead atoms. The highest BCUT2D eigenvalue weighted by atomic mass is 35.5. The van der Waals surface area contributed by atoms with Crippen molar-refractivity contribution in [3.8, 4) is 17.4 Å². The summed E-state index contributed by atoms with van der Waals surface area (Å²) in [7, 11) is 1.44. The van der Waals surface area contributed by atoms with E-state index in [1.54, 1.807) is 6.07 Å². The average Bonchev–Trinajstić information content (AvgIpc) is 2.64. The molecule has 0 amide bonds. The van der Waals surface area contributed by atoms with E-state index in [-0.39, 0.29) is 29.0 Å². The molecule has 11 heteroatoms. The van der Waals surface area contributed by atoms with Gasteiger partial charge < -0.3 is 19.5 Å². The Labute approximate surface area is 163 Å². The fourth-order valence-electron chi connectivity index (χ4n) is 1.86. The quantitative estimate of drug-likeness (QED) is 0.534. The first kappa shape index (κ1) is 20.7. The Morgan fingerprint density at radius 3 is 2.78 bits per heavy atom. The molecule has 0 aliphatic heterocycles. The minimum atomic E-state index is -3.00. The summed E-state index contributed by atoms with van der Waals surface area (Å²) < 4.78 is 39.6. The summed E-state index contributed by atoms with van der Waals surface area (Å²) in [6.07, 6.45) is 2.75. The van der Waals surface area contributed by atoms with Crippen molar-refractivity contribution in [3.05, 3.63) is 52.4 Å². The third-order valence-corrected chi connectivity index (χ3v) is 3.58. The zero-order valence-electron chi connectivity index (χ0n) is 13.9. The van der Waals surface area contributed by atoms with Gasteiger partial charge in [0.15, 0.2) is 5.75 Å². The molecule has 1 aromatic heterocycles. The number of hydrogen-bond acceptors (Lipinski definition) is 7. The maximum atomic E-state index is 12.4. The Bertz CT molecular complexity index is 837. The van der Waals surface area contributed by atoms with E-state index in [0.717, 1.165) is 0 Å². The summed E-state index contributed by atoms with van der Waals surface area (Å²) in [5, 5.41) is 6.55. The van der Waals surface area contributed by atoms with E-state index in [0.29, 0.717) is 16.5 Å². The Morgan fingerprint density at radius 2 is 2.11 bits per heavy atom. The van der Waals surface area contributed by atoms with Crippen molar-refractivity contribution in [3.63, 3.8) is 0 Å². The highest BCUT2D eigenvalue weighted by Gasteiger charge is 2.10. The molecule has 2 N–H and O–H groups in total. The van der Waals surface area contributed by atoms with Crippen LogP contribution in [0.4, 0.5) is 14.5 Å². The molecule has 0 fully saturated rings. The molecule has 27 heavy (non-hydrogen) atoms. The van der Waals surface area contributed by atoms with Crippen LogP contribution in [-0.2, 0) is 0 Å². The number of halogens is 4. The molecule has 0 spiro atoms. The number of hydrogen-bond donors (Lipinski definition) is 2. The summed E-state index contributed by atoms with van der Waals surface area (Å²) >= 11 is 11.6. The maximum absolute atomic E-state index is 12.4. The summed E-state index contributed by atoms with van der Waals surface area (Å²) in [4.78, 5) is 3.99. The van der Waals surface area contributed by atoms with Crippen LogP contribution in [0.5, 0.6) is 17.4 Å². The van der Waals surface area contributed by atoms with Crippen molar-refractivity contribution in [2.45, 2.75) is 6.61 Å². The van der Waals surface area contributed by atoms with Gasteiger partial charge in [-0.05, 0) is 12.1 Å². The average molecular weight is 419 g/mol. The summed E-state index contributed by atoms with van der Waals surface area (Å²) in [5.74, 6) is 0.322. The molecular formula is C16H14Cl2F2N4O3. The van der Waals surface area contributed by atoms with Gasteiger partial charge in [-0.3, -0.25) is 0 Å². The Kier molecular flexibility index (Phi) is 7.56. The monoisotopic (exact) mass is 418 g/mol. The van der Waals surface area contributed by atoms with E-state index in [1.165, 1.54) is 37.7 Å². The number of methoxy groups -OCH3 is 1. The molecule has 2 aromatic rings. The first-order valence-corrected chi connectivity index (χ1v) is 8.08. The number of alkyl halides is 2. The van der Waals surface area contributed by atoms with E-state index in [1.807, 2.05) is 0 Å². The molecular weight excluding hydrogens is 405 g/mol. The van der Waals surface area contributed by atoms with Crippen LogP contribution in [-0.4, -0.2) is 25.3 Å². The lowest BCUT2D eigenvalue weighted by Gasteiger charge is -2.10. The normalized spacial score (nSPS) is 11.3. The van der Waals surface area contributed by atoms with Crippen molar-refractivity contribution in [2.24, 2.45) is 5.11 Å². The van der Waals surface area contributed by atoms with Crippen LogP contribution >= 0.6 is 23.2 Å².